The quantitative estimate of drug-likeness (QED) is 0.621. The van der Waals surface area contributed by atoms with Gasteiger partial charge in [-0.25, -0.2) is 0 Å². The predicted molar refractivity (Wildman–Crippen MR) is 74.1 cm³/mol. The van der Waals surface area contributed by atoms with Crippen molar-refractivity contribution in [1.29, 1.82) is 0 Å². The lowest BCUT2D eigenvalue weighted by molar-refractivity contribution is -0.133. The van der Waals surface area contributed by atoms with Gasteiger partial charge in [-0.15, -0.1) is 0 Å². The monoisotopic (exact) mass is 255 g/mol. The Bertz CT molecular complexity index is 532. The van der Waals surface area contributed by atoms with E-state index in [-0.39, 0.29) is 12.4 Å². The summed E-state index contributed by atoms with van der Waals surface area (Å²) in [4.78, 5) is 16.0. The Morgan fingerprint density at radius 2 is 1.89 bits per heavy atom. The van der Waals surface area contributed by atoms with Crippen LogP contribution in [0, 0.1) is 0 Å². The van der Waals surface area contributed by atoms with Gasteiger partial charge in [0, 0.05) is 6.20 Å². The molecule has 0 unspecified atom stereocenters. The van der Waals surface area contributed by atoms with Crippen molar-refractivity contribution in [2.45, 2.75) is 26.2 Å². The fourth-order valence-electron chi connectivity index (χ4n) is 1.69. The molecular weight excluding hydrogens is 238 g/mol. The second kappa shape index (κ2) is 6.14. The summed E-state index contributed by atoms with van der Waals surface area (Å²) in [5, 5.41) is 0. The van der Waals surface area contributed by atoms with Crippen LogP contribution >= 0.6 is 0 Å². The Hall–Kier alpha value is -2.16. The molecule has 3 nitrogen and oxygen atoms in total. The molecule has 3 heteroatoms. The minimum Gasteiger partial charge on any atom is -0.426 e. The van der Waals surface area contributed by atoms with Gasteiger partial charge in [0.05, 0.1) is 12.1 Å². The van der Waals surface area contributed by atoms with Crippen LogP contribution < -0.4 is 4.74 Å². The van der Waals surface area contributed by atoms with Gasteiger partial charge in [-0.1, -0.05) is 38.1 Å². The summed E-state index contributed by atoms with van der Waals surface area (Å²) < 4.78 is 5.22. The third kappa shape index (κ3) is 3.91. The van der Waals surface area contributed by atoms with Crippen LogP contribution in [0.25, 0.3) is 0 Å². The van der Waals surface area contributed by atoms with Gasteiger partial charge in [-0.2, -0.15) is 0 Å². The molecule has 98 valence electrons. The molecule has 1 aromatic carbocycles. The highest BCUT2D eigenvalue weighted by Crippen LogP contribution is 2.14. The summed E-state index contributed by atoms with van der Waals surface area (Å²) in [5.74, 6) is 0.708. The fraction of sp³-hybridized carbons (Fsp3) is 0.250. The number of carbonyl (C=O) groups is 1. The maximum absolute atomic E-state index is 11.7. The van der Waals surface area contributed by atoms with Gasteiger partial charge in [0.1, 0.15) is 5.75 Å². The standard InChI is InChI=1S/C16H17NO2/c1-12(2)13-8-9-14(17-11-13)10-16(18)19-15-6-4-3-5-7-15/h3-9,11-12H,10H2,1-2H3. The highest BCUT2D eigenvalue weighted by atomic mass is 16.5. The number of hydrogen-bond donors (Lipinski definition) is 0. The van der Waals surface area contributed by atoms with E-state index in [4.69, 9.17) is 4.74 Å². The average molecular weight is 255 g/mol. The van der Waals surface area contributed by atoms with Gasteiger partial charge in [0.25, 0.3) is 0 Å². The first-order chi connectivity index (χ1) is 9.15. The van der Waals surface area contributed by atoms with E-state index in [0.717, 1.165) is 5.69 Å². The molecule has 2 aromatic rings. The number of benzene rings is 1. The number of para-hydroxylation sites is 1. The highest BCUT2D eigenvalue weighted by molar-refractivity contribution is 5.74. The Labute approximate surface area is 113 Å². The van der Waals surface area contributed by atoms with Gasteiger partial charge in [0.15, 0.2) is 0 Å². The molecule has 0 spiro atoms. The third-order valence-electron chi connectivity index (χ3n) is 2.81. The summed E-state index contributed by atoms with van der Waals surface area (Å²) in [7, 11) is 0. The van der Waals surface area contributed by atoms with E-state index in [9.17, 15) is 4.79 Å². The van der Waals surface area contributed by atoms with Crippen molar-refractivity contribution in [3.63, 3.8) is 0 Å². The van der Waals surface area contributed by atoms with E-state index >= 15 is 0 Å². The average Bonchev–Trinajstić information content (AvgIpc) is 2.40. The zero-order chi connectivity index (χ0) is 13.7. The molecule has 0 saturated heterocycles. The number of hydrogen-bond acceptors (Lipinski definition) is 3. The molecule has 0 atom stereocenters. The largest absolute Gasteiger partial charge is 0.426 e. The minimum atomic E-state index is -0.295. The first-order valence-electron chi connectivity index (χ1n) is 6.35. The van der Waals surface area contributed by atoms with Crippen LogP contribution in [0.4, 0.5) is 0 Å². The zero-order valence-electron chi connectivity index (χ0n) is 11.2. The van der Waals surface area contributed by atoms with Crippen LogP contribution in [0.3, 0.4) is 0 Å². The molecule has 2 rings (SSSR count). The number of rotatable bonds is 4. The molecule has 0 bridgehead atoms. The lowest BCUT2D eigenvalue weighted by atomic mass is 10.1. The van der Waals surface area contributed by atoms with Crippen molar-refractivity contribution in [3.8, 4) is 5.75 Å². The van der Waals surface area contributed by atoms with Gasteiger partial charge in [-0.3, -0.25) is 9.78 Å². The van der Waals surface area contributed by atoms with E-state index in [2.05, 4.69) is 18.8 Å². The van der Waals surface area contributed by atoms with Crippen molar-refractivity contribution in [2.75, 3.05) is 0 Å². The molecule has 0 radical (unpaired) electrons. The molecule has 0 aliphatic carbocycles. The van der Waals surface area contributed by atoms with Gasteiger partial charge >= 0.3 is 5.97 Å². The Balaban J connectivity index is 1.95. The second-order valence-electron chi connectivity index (χ2n) is 4.70. The van der Waals surface area contributed by atoms with E-state index in [1.165, 1.54) is 5.56 Å². The van der Waals surface area contributed by atoms with Crippen LogP contribution in [0.5, 0.6) is 5.75 Å². The van der Waals surface area contributed by atoms with E-state index in [0.29, 0.717) is 11.7 Å². The number of nitrogens with zero attached hydrogens (tertiary/aromatic N) is 1. The van der Waals surface area contributed by atoms with Gasteiger partial charge in [-0.05, 0) is 29.7 Å². The summed E-state index contributed by atoms with van der Waals surface area (Å²) >= 11 is 0. The van der Waals surface area contributed by atoms with Crippen LogP contribution in [-0.2, 0) is 11.2 Å². The molecule has 0 N–H and O–H groups in total. The maximum Gasteiger partial charge on any atom is 0.317 e. The molecule has 0 aliphatic heterocycles. The van der Waals surface area contributed by atoms with Crippen molar-refractivity contribution in [2.24, 2.45) is 0 Å². The molecule has 0 fully saturated rings. The molecule has 0 aliphatic rings. The van der Waals surface area contributed by atoms with Gasteiger partial charge in [0.2, 0.25) is 0 Å². The van der Waals surface area contributed by atoms with E-state index in [1.54, 1.807) is 12.1 Å². The van der Waals surface area contributed by atoms with Gasteiger partial charge < -0.3 is 4.74 Å². The van der Waals surface area contributed by atoms with E-state index in [1.807, 2.05) is 36.5 Å². The predicted octanol–water partition coefficient (Wildman–Crippen LogP) is 3.35. The summed E-state index contributed by atoms with van der Waals surface area (Å²) in [6.07, 6.45) is 2.00. The zero-order valence-corrected chi connectivity index (χ0v) is 11.2. The Kier molecular flexibility index (Phi) is 4.29. The SMILES string of the molecule is CC(C)c1ccc(CC(=O)Oc2ccccc2)nc1. The lowest BCUT2D eigenvalue weighted by Crippen LogP contribution is -2.12. The summed E-state index contributed by atoms with van der Waals surface area (Å²) in [6, 6.07) is 12.9. The molecular formula is C16H17NO2. The van der Waals surface area contributed by atoms with Crippen LogP contribution in [0.1, 0.15) is 31.0 Å². The van der Waals surface area contributed by atoms with E-state index < -0.39 is 0 Å². The summed E-state index contributed by atoms with van der Waals surface area (Å²) in [6.45, 7) is 4.22. The number of esters is 1. The molecule has 0 saturated carbocycles. The number of carbonyl (C=O) groups excluding carboxylic acids is 1. The van der Waals surface area contributed by atoms with Crippen LogP contribution in [-0.4, -0.2) is 11.0 Å². The Morgan fingerprint density at radius 3 is 2.47 bits per heavy atom. The first-order valence-corrected chi connectivity index (χ1v) is 6.35. The van der Waals surface area contributed by atoms with Crippen molar-refractivity contribution in [1.82, 2.24) is 4.98 Å². The molecule has 1 heterocycles. The molecule has 1 aromatic heterocycles. The normalized spacial score (nSPS) is 10.5. The number of ether oxygens (including phenoxy) is 1. The smallest absolute Gasteiger partial charge is 0.317 e. The fourth-order valence-corrected chi connectivity index (χ4v) is 1.69. The third-order valence-corrected chi connectivity index (χ3v) is 2.81. The Morgan fingerprint density at radius 1 is 1.16 bits per heavy atom. The number of pyridine rings is 1. The molecule has 19 heavy (non-hydrogen) atoms. The topological polar surface area (TPSA) is 39.2 Å². The lowest BCUT2D eigenvalue weighted by Gasteiger charge is -2.06. The minimum absolute atomic E-state index is 0.188. The van der Waals surface area contributed by atoms with Crippen molar-refractivity contribution >= 4 is 5.97 Å². The first kappa shape index (κ1) is 13.3. The van der Waals surface area contributed by atoms with Crippen molar-refractivity contribution < 1.29 is 9.53 Å². The maximum atomic E-state index is 11.7. The second-order valence-corrected chi connectivity index (χ2v) is 4.70. The molecule has 0 amide bonds. The summed E-state index contributed by atoms with van der Waals surface area (Å²) in [5.41, 5.74) is 1.89. The van der Waals surface area contributed by atoms with Crippen molar-refractivity contribution in [3.05, 3.63) is 59.9 Å². The van der Waals surface area contributed by atoms with Crippen LogP contribution in [0.2, 0.25) is 0 Å². The van der Waals surface area contributed by atoms with Crippen LogP contribution in [0.15, 0.2) is 48.7 Å². The highest BCUT2D eigenvalue weighted by Gasteiger charge is 2.08. The number of aromatic nitrogens is 1.